The van der Waals surface area contributed by atoms with Crippen LogP contribution in [0.3, 0.4) is 0 Å². The quantitative estimate of drug-likeness (QED) is 0.420. The summed E-state index contributed by atoms with van der Waals surface area (Å²) in [7, 11) is -7.84. The number of rotatable bonds is 10. The number of nitrogens with zero attached hydrogens (tertiary/aromatic N) is 2. The fraction of sp³-hybridized carbons (Fsp3) is 0.556. The second-order valence-corrected chi connectivity index (χ2v) is 13.7. The SMILES string of the molecule is CCOc1ccc(C(C)C)cc1S(=O)(=O)N1CCN(S(=O)(=O)c2cc(C(C)C)ccc2OCC)[C@@H](C)C1. The number of hydrogen-bond acceptors (Lipinski definition) is 6. The summed E-state index contributed by atoms with van der Waals surface area (Å²) in [4.78, 5) is 0.235. The van der Waals surface area contributed by atoms with Crippen molar-refractivity contribution in [2.45, 2.75) is 76.1 Å². The molecule has 1 aliphatic rings. The fourth-order valence-corrected chi connectivity index (χ4v) is 7.93. The highest BCUT2D eigenvalue weighted by atomic mass is 32.2. The molecule has 0 radical (unpaired) electrons. The summed E-state index contributed by atoms with van der Waals surface area (Å²) < 4.78 is 69.2. The average Bonchev–Trinajstić information content (AvgIpc) is 2.84. The zero-order valence-electron chi connectivity index (χ0n) is 22.9. The molecule has 2 aromatic rings. The van der Waals surface area contributed by atoms with E-state index in [0.717, 1.165) is 11.1 Å². The number of ether oxygens (including phenoxy) is 2. The van der Waals surface area contributed by atoms with Crippen LogP contribution in [0.4, 0.5) is 0 Å². The first-order chi connectivity index (χ1) is 17.3. The number of sulfonamides is 2. The van der Waals surface area contributed by atoms with Crippen LogP contribution in [0.15, 0.2) is 46.2 Å². The van der Waals surface area contributed by atoms with E-state index in [1.54, 1.807) is 31.2 Å². The predicted molar refractivity (Wildman–Crippen MR) is 146 cm³/mol. The monoisotopic (exact) mass is 552 g/mol. The summed E-state index contributed by atoms with van der Waals surface area (Å²) in [5.41, 5.74) is 1.79. The molecule has 0 bridgehead atoms. The second kappa shape index (κ2) is 11.7. The van der Waals surface area contributed by atoms with Gasteiger partial charge < -0.3 is 9.47 Å². The molecule has 0 saturated carbocycles. The van der Waals surface area contributed by atoms with Crippen LogP contribution in [-0.2, 0) is 20.0 Å². The summed E-state index contributed by atoms with van der Waals surface area (Å²) >= 11 is 0. The summed E-state index contributed by atoms with van der Waals surface area (Å²) in [6.07, 6.45) is 0. The molecule has 0 N–H and O–H groups in total. The number of benzene rings is 2. The largest absolute Gasteiger partial charge is 0.492 e. The lowest BCUT2D eigenvalue weighted by Crippen LogP contribution is -2.55. The Kier molecular flexibility index (Phi) is 9.32. The molecule has 0 spiro atoms. The van der Waals surface area contributed by atoms with Crippen LogP contribution in [0.5, 0.6) is 11.5 Å². The van der Waals surface area contributed by atoms with Crippen LogP contribution in [0.25, 0.3) is 0 Å². The van der Waals surface area contributed by atoms with Gasteiger partial charge in [0.05, 0.1) is 13.2 Å². The molecule has 0 unspecified atom stereocenters. The maximum atomic E-state index is 13.8. The minimum atomic E-state index is -3.93. The van der Waals surface area contributed by atoms with E-state index in [4.69, 9.17) is 9.47 Å². The van der Waals surface area contributed by atoms with Gasteiger partial charge >= 0.3 is 0 Å². The van der Waals surface area contributed by atoms with Gasteiger partial charge in [0.15, 0.2) is 0 Å². The Morgan fingerprint density at radius 1 is 0.784 bits per heavy atom. The Balaban J connectivity index is 1.94. The van der Waals surface area contributed by atoms with Crippen LogP contribution >= 0.6 is 0 Å². The van der Waals surface area contributed by atoms with Crippen molar-refractivity contribution in [2.24, 2.45) is 0 Å². The number of piperazine rings is 1. The third-order valence-corrected chi connectivity index (χ3v) is 10.5. The molecular formula is C27H40N2O6S2. The van der Waals surface area contributed by atoms with Crippen molar-refractivity contribution in [3.63, 3.8) is 0 Å². The summed E-state index contributed by atoms with van der Waals surface area (Å²) in [5, 5.41) is 0. The van der Waals surface area contributed by atoms with Gasteiger partial charge in [-0.25, -0.2) is 16.8 Å². The van der Waals surface area contributed by atoms with Crippen molar-refractivity contribution in [1.29, 1.82) is 0 Å². The first-order valence-electron chi connectivity index (χ1n) is 12.9. The molecular weight excluding hydrogens is 512 g/mol. The summed E-state index contributed by atoms with van der Waals surface area (Å²) in [6, 6.07) is 9.93. The second-order valence-electron chi connectivity index (χ2n) is 9.92. The average molecular weight is 553 g/mol. The minimum Gasteiger partial charge on any atom is -0.492 e. The van der Waals surface area contributed by atoms with E-state index in [1.807, 2.05) is 53.7 Å². The smallest absolute Gasteiger partial charge is 0.247 e. The van der Waals surface area contributed by atoms with Gasteiger partial charge in [-0.1, -0.05) is 39.8 Å². The van der Waals surface area contributed by atoms with Gasteiger partial charge in [-0.2, -0.15) is 8.61 Å². The number of hydrogen-bond donors (Lipinski definition) is 0. The highest BCUT2D eigenvalue weighted by molar-refractivity contribution is 7.89. The highest BCUT2D eigenvalue weighted by Crippen LogP contribution is 2.35. The van der Waals surface area contributed by atoms with E-state index in [2.05, 4.69) is 0 Å². The Morgan fingerprint density at radius 3 is 1.65 bits per heavy atom. The first-order valence-corrected chi connectivity index (χ1v) is 15.8. The molecule has 3 rings (SSSR count). The van der Waals surface area contributed by atoms with Crippen LogP contribution in [0.2, 0.25) is 0 Å². The lowest BCUT2D eigenvalue weighted by atomic mass is 10.0. The lowest BCUT2D eigenvalue weighted by molar-refractivity contribution is 0.211. The van der Waals surface area contributed by atoms with E-state index in [9.17, 15) is 16.8 Å². The van der Waals surface area contributed by atoms with Crippen molar-refractivity contribution < 1.29 is 26.3 Å². The molecule has 10 heteroatoms. The van der Waals surface area contributed by atoms with Crippen LogP contribution in [0.1, 0.15) is 71.4 Å². The first kappa shape index (κ1) is 29.4. The molecule has 1 fully saturated rings. The maximum absolute atomic E-state index is 13.8. The summed E-state index contributed by atoms with van der Waals surface area (Å²) in [6.45, 7) is 14.1. The van der Waals surface area contributed by atoms with Crippen molar-refractivity contribution in [3.05, 3.63) is 47.5 Å². The fourth-order valence-electron chi connectivity index (χ4n) is 4.47. The van der Waals surface area contributed by atoms with Crippen LogP contribution < -0.4 is 9.47 Å². The minimum absolute atomic E-state index is 0.0346. The van der Waals surface area contributed by atoms with Gasteiger partial charge in [0, 0.05) is 25.7 Å². The molecule has 2 aromatic carbocycles. The summed E-state index contributed by atoms with van der Waals surface area (Å²) in [5.74, 6) is 0.902. The molecule has 8 nitrogen and oxygen atoms in total. The molecule has 37 heavy (non-hydrogen) atoms. The van der Waals surface area contributed by atoms with Gasteiger partial charge in [-0.3, -0.25) is 0 Å². The normalized spacial score (nSPS) is 17.9. The van der Waals surface area contributed by atoms with Gasteiger partial charge in [0.2, 0.25) is 20.0 Å². The third-order valence-electron chi connectivity index (χ3n) is 6.60. The van der Waals surface area contributed by atoms with Gasteiger partial charge in [0.1, 0.15) is 21.3 Å². The Labute approximate surface area is 222 Å². The van der Waals surface area contributed by atoms with E-state index in [1.165, 1.54) is 8.61 Å². The maximum Gasteiger partial charge on any atom is 0.247 e. The van der Waals surface area contributed by atoms with E-state index in [0.29, 0.717) is 24.7 Å². The Morgan fingerprint density at radius 2 is 1.24 bits per heavy atom. The van der Waals surface area contributed by atoms with Gasteiger partial charge in [-0.05, 0) is 68.0 Å². The Bertz CT molecular complexity index is 1310. The van der Waals surface area contributed by atoms with E-state index < -0.39 is 26.1 Å². The molecule has 206 valence electrons. The van der Waals surface area contributed by atoms with Crippen molar-refractivity contribution in [2.75, 3.05) is 32.8 Å². The van der Waals surface area contributed by atoms with E-state index in [-0.39, 0.29) is 41.3 Å². The van der Waals surface area contributed by atoms with Gasteiger partial charge in [-0.15, -0.1) is 0 Å². The molecule has 0 amide bonds. The molecule has 0 aromatic heterocycles. The van der Waals surface area contributed by atoms with Crippen LogP contribution in [-0.4, -0.2) is 64.3 Å². The lowest BCUT2D eigenvalue weighted by Gasteiger charge is -2.38. The molecule has 1 aliphatic heterocycles. The van der Waals surface area contributed by atoms with Gasteiger partial charge in [0.25, 0.3) is 0 Å². The highest BCUT2D eigenvalue weighted by Gasteiger charge is 2.40. The predicted octanol–water partition coefficient (Wildman–Crippen LogP) is 4.81. The molecule has 0 aliphatic carbocycles. The molecule has 1 atom stereocenters. The van der Waals surface area contributed by atoms with Crippen molar-refractivity contribution in [3.8, 4) is 11.5 Å². The van der Waals surface area contributed by atoms with Crippen molar-refractivity contribution in [1.82, 2.24) is 8.61 Å². The third kappa shape index (κ3) is 6.13. The molecule has 1 saturated heterocycles. The standard InChI is InChI=1S/C27H40N2O6S2/c1-8-34-24-12-10-22(19(3)4)16-26(24)36(30,31)28-14-15-29(21(7)18-28)37(32,33)27-17-23(20(5)6)11-13-25(27)35-9-2/h10-13,16-17,19-21H,8-9,14-15,18H2,1-7H3/t21-/m0/s1. The Hall–Kier alpha value is -2.14. The molecule has 1 heterocycles. The van der Waals surface area contributed by atoms with Crippen molar-refractivity contribution >= 4 is 20.0 Å². The zero-order chi connectivity index (χ0) is 27.5. The van der Waals surface area contributed by atoms with E-state index >= 15 is 0 Å². The zero-order valence-corrected chi connectivity index (χ0v) is 24.5. The topological polar surface area (TPSA) is 93.2 Å². The van der Waals surface area contributed by atoms with Crippen LogP contribution in [0, 0.1) is 0 Å².